The molecule has 0 saturated heterocycles. The van der Waals surface area contributed by atoms with E-state index in [0.717, 1.165) is 13.7 Å². The molecule has 0 aliphatic rings. The predicted octanol–water partition coefficient (Wildman–Crippen LogP) is 3.74. The lowest BCUT2D eigenvalue weighted by Crippen LogP contribution is -1.82. The molecule has 72 valence electrons. The van der Waals surface area contributed by atoms with Gasteiger partial charge in [0.05, 0.1) is 0 Å². The summed E-state index contributed by atoms with van der Waals surface area (Å²) in [5.74, 6) is 0. The van der Waals surface area contributed by atoms with Gasteiger partial charge in [0.15, 0.2) is 0 Å². The Hall–Kier alpha value is -0.440. The standard InChI is InChI=1S/C9H7BrN2S2/c1-13-9(12-6-11)14-8-4-2-7(10)3-5-8/h2-5H,1H3. The fourth-order valence-electron chi connectivity index (χ4n) is 0.754. The van der Waals surface area contributed by atoms with Gasteiger partial charge in [0.25, 0.3) is 0 Å². The zero-order valence-corrected chi connectivity index (χ0v) is 10.6. The lowest BCUT2D eigenvalue weighted by molar-refractivity contribution is 1.44. The number of aliphatic imine (C=N–C) groups is 1. The highest BCUT2D eigenvalue weighted by Gasteiger charge is 2.00. The van der Waals surface area contributed by atoms with Crippen LogP contribution in [-0.2, 0) is 0 Å². The van der Waals surface area contributed by atoms with Crippen molar-refractivity contribution in [2.45, 2.75) is 4.90 Å². The molecular formula is C9H7BrN2S2. The van der Waals surface area contributed by atoms with E-state index in [4.69, 9.17) is 5.26 Å². The smallest absolute Gasteiger partial charge is 0.170 e. The number of rotatable bonds is 1. The molecule has 0 aliphatic carbocycles. The molecule has 2 nitrogen and oxygen atoms in total. The van der Waals surface area contributed by atoms with Crippen LogP contribution in [0.1, 0.15) is 0 Å². The molecule has 0 amide bonds. The zero-order chi connectivity index (χ0) is 10.4. The molecule has 5 heteroatoms. The second-order valence-corrected chi connectivity index (χ2v) is 5.27. The molecule has 0 N–H and O–H groups in total. The van der Waals surface area contributed by atoms with Gasteiger partial charge in [-0.15, -0.1) is 11.8 Å². The second-order valence-electron chi connectivity index (χ2n) is 2.24. The molecule has 0 heterocycles. The Morgan fingerprint density at radius 2 is 2.07 bits per heavy atom. The summed E-state index contributed by atoms with van der Waals surface area (Å²) in [5.41, 5.74) is 0. The average molecular weight is 287 g/mol. The molecule has 0 unspecified atom stereocenters. The maximum Gasteiger partial charge on any atom is 0.207 e. The Balaban J connectivity index is 2.74. The Kier molecular flexibility index (Phi) is 5.09. The summed E-state index contributed by atoms with van der Waals surface area (Å²) in [5, 5.41) is 8.42. The normalized spacial score (nSPS) is 11.1. The van der Waals surface area contributed by atoms with Crippen molar-refractivity contribution in [2.24, 2.45) is 4.99 Å². The van der Waals surface area contributed by atoms with E-state index < -0.39 is 0 Å². The van der Waals surface area contributed by atoms with Gasteiger partial charge in [0, 0.05) is 9.37 Å². The minimum atomic E-state index is 0.759. The Labute approximate surface area is 99.9 Å². The number of benzene rings is 1. The van der Waals surface area contributed by atoms with Crippen molar-refractivity contribution in [3.8, 4) is 6.19 Å². The summed E-state index contributed by atoms with van der Waals surface area (Å²) >= 11 is 6.33. The Bertz CT molecular complexity index is 367. The highest BCUT2D eigenvalue weighted by Crippen LogP contribution is 2.25. The third-order valence-corrected chi connectivity index (χ3v) is 3.83. The SMILES string of the molecule is CSC(=NC#N)Sc1ccc(Br)cc1. The predicted molar refractivity (Wildman–Crippen MR) is 66.6 cm³/mol. The van der Waals surface area contributed by atoms with E-state index in [-0.39, 0.29) is 0 Å². The van der Waals surface area contributed by atoms with E-state index in [1.165, 1.54) is 23.5 Å². The molecule has 0 aliphatic heterocycles. The second kappa shape index (κ2) is 6.12. The van der Waals surface area contributed by atoms with Crippen LogP contribution < -0.4 is 0 Å². The fraction of sp³-hybridized carbons (Fsp3) is 0.111. The van der Waals surface area contributed by atoms with E-state index >= 15 is 0 Å². The van der Waals surface area contributed by atoms with Gasteiger partial charge in [-0.25, -0.2) is 0 Å². The van der Waals surface area contributed by atoms with E-state index in [1.54, 1.807) is 6.19 Å². The van der Waals surface area contributed by atoms with Gasteiger partial charge >= 0.3 is 0 Å². The highest BCUT2D eigenvalue weighted by molar-refractivity contribution is 9.10. The summed E-state index contributed by atoms with van der Waals surface area (Å²) in [6.07, 6.45) is 3.69. The monoisotopic (exact) mass is 286 g/mol. The van der Waals surface area contributed by atoms with E-state index in [9.17, 15) is 0 Å². The topological polar surface area (TPSA) is 36.1 Å². The summed E-state index contributed by atoms with van der Waals surface area (Å²) in [4.78, 5) is 4.78. The first-order valence-corrected chi connectivity index (χ1v) is 6.54. The van der Waals surface area contributed by atoms with Crippen LogP contribution in [-0.4, -0.2) is 10.6 Å². The first-order chi connectivity index (χ1) is 6.76. The molecule has 1 aromatic rings. The number of thioether (sulfide) groups is 2. The molecule has 0 aromatic heterocycles. The average Bonchev–Trinajstić information content (AvgIpc) is 2.20. The molecule has 0 fully saturated rings. The van der Waals surface area contributed by atoms with Crippen molar-refractivity contribution in [3.05, 3.63) is 28.7 Å². The van der Waals surface area contributed by atoms with Crippen molar-refractivity contribution in [2.75, 3.05) is 6.26 Å². The van der Waals surface area contributed by atoms with Crippen LogP contribution in [0.15, 0.2) is 38.6 Å². The molecule has 1 aromatic carbocycles. The maximum atomic E-state index is 8.42. The van der Waals surface area contributed by atoms with Crippen molar-refractivity contribution >= 4 is 43.8 Å². The van der Waals surface area contributed by atoms with Gasteiger partial charge in [0.2, 0.25) is 6.19 Å². The van der Waals surface area contributed by atoms with Gasteiger partial charge in [0.1, 0.15) is 4.38 Å². The van der Waals surface area contributed by atoms with Gasteiger partial charge in [-0.05, 0) is 30.5 Å². The van der Waals surface area contributed by atoms with Crippen molar-refractivity contribution in [1.82, 2.24) is 0 Å². The van der Waals surface area contributed by atoms with E-state index in [2.05, 4.69) is 20.9 Å². The molecule has 0 saturated carbocycles. The van der Waals surface area contributed by atoms with Crippen LogP contribution >= 0.6 is 39.5 Å². The van der Waals surface area contributed by atoms with Gasteiger partial charge in [-0.2, -0.15) is 10.3 Å². The minimum Gasteiger partial charge on any atom is -0.170 e. The van der Waals surface area contributed by atoms with Crippen LogP contribution in [0, 0.1) is 11.5 Å². The molecule has 14 heavy (non-hydrogen) atoms. The third-order valence-electron chi connectivity index (χ3n) is 1.33. The summed E-state index contributed by atoms with van der Waals surface area (Å²) in [6, 6.07) is 7.90. The molecule has 1 rings (SSSR count). The Morgan fingerprint density at radius 3 is 2.57 bits per heavy atom. The van der Waals surface area contributed by atoms with Crippen molar-refractivity contribution in [3.63, 3.8) is 0 Å². The summed E-state index contributed by atoms with van der Waals surface area (Å²) in [7, 11) is 0. The van der Waals surface area contributed by atoms with Crippen LogP contribution in [0.4, 0.5) is 0 Å². The molecule has 0 atom stereocenters. The fourth-order valence-corrected chi connectivity index (χ4v) is 2.33. The number of nitriles is 1. The van der Waals surface area contributed by atoms with Crippen LogP contribution in [0.3, 0.4) is 0 Å². The van der Waals surface area contributed by atoms with Crippen molar-refractivity contribution < 1.29 is 0 Å². The van der Waals surface area contributed by atoms with Crippen molar-refractivity contribution in [1.29, 1.82) is 5.26 Å². The van der Waals surface area contributed by atoms with Crippen LogP contribution in [0.25, 0.3) is 0 Å². The lowest BCUT2D eigenvalue weighted by atomic mass is 10.4. The number of halogens is 1. The number of nitrogens with zero attached hydrogens (tertiary/aromatic N) is 2. The molecule has 0 spiro atoms. The van der Waals surface area contributed by atoms with E-state index in [0.29, 0.717) is 0 Å². The maximum absolute atomic E-state index is 8.42. The molecule has 0 radical (unpaired) electrons. The Morgan fingerprint density at radius 1 is 1.43 bits per heavy atom. The zero-order valence-electron chi connectivity index (χ0n) is 7.40. The van der Waals surface area contributed by atoms with Gasteiger partial charge in [-0.3, -0.25) is 0 Å². The van der Waals surface area contributed by atoms with E-state index in [1.807, 2.05) is 30.5 Å². The quantitative estimate of drug-likeness (QED) is 0.341. The summed E-state index contributed by atoms with van der Waals surface area (Å²) in [6.45, 7) is 0. The van der Waals surface area contributed by atoms with Gasteiger partial charge in [-0.1, -0.05) is 27.7 Å². The molecule has 0 bridgehead atoms. The van der Waals surface area contributed by atoms with Crippen LogP contribution in [0.2, 0.25) is 0 Å². The minimum absolute atomic E-state index is 0.759. The first-order valence-electron chi connectivity index (χ1n) is 3.70. The lowest BCUT2D eigenvalue weighted by Gasteiger charge is -2.00. The van der Waals surface area contributed by atoms with Gasteiger partial charge < -0.3 is 0 Å². The highest BCUT2D eigenvalue weighted by atomic mass is 79.9. The number of hydrogen-bond acceptors (Lipinski definition) is 4. The van der Waals surface area contributed by atoms with Crippen LogP contribution in [0.5, 0.6) is 0 Å². The largest absolute Gasteiger partial charge is 0.207 e. The first kappa shape index (κ1) is 11.6. The summed E-state index contributed by atoms with van der Waals surface area (Å²) < 4.78 is 1.81. The third kappa shape index (κ3) is 3.74. The number of hydrogen-bond donors (Lipinski definition) is 0. The molecular weight excluding hydrogens is 280 g/mol.